The van der Waals surface area contributed by atoms with Gasteiger partial charge in [-0.15, -0.1) is 0 Å². The molecule has 4 nitrogen and oxygen atoms in total. The van der Waals surface area contributed by atoms with Crippen molar-refractivity contribution in [2.45, 2.75) is 12.8 Å². The van der Waals surface area contributed by atoms with Crippen LogP contribution in [0.5, 0.6) is 0 Å². The molecule has 1 fully saturated rings. The first-order chi connectivity index (χ1) is 9.06. The molecular weight excluding hydrogens is 287 g/mol. The Bertz CT molecular complexity index is 444. The summed E-state index contributed by atoms with van der Waals surface area (Å²) >= 11 is 11.6. The van der Waals surface area contributed by atoms with Crippen LogP contribution < -0.4 is 0 Å². The fraction of sp³-hybridized carbons (Fsp3) is 0.538. The first-order valence-electron chi connectivity index (χ1n) is 6.22. The van der Waals surface area contributed by atoms with Gasteiger partial charge in [-0.25, -0.2) is 4.98 Å². The van der Waals surface area contributed by atoms with Crippen LogP contribution in [0, 0.1) is 5.92 Å². The Morgan fingerprint density at radius 2 is 2.05 bits per heavy atom. The van der Waals surface area contributed by atoms with Gasteiger partial charge in [-0.3, -0.25) is 4.79 Å². The Morgan fingerprint density at radius 1 is 1.42 bits per heavy atom. The largest absolute Gasteiger partial charge is 0.379 e. The number of hydrogen-bond acceptors (Lipinski definition) is 3. The third-order valence-electron chi connectivity index (χ3n) is 2.98. The molecule has 1 saturated carbocycles. The van der Waals surface area contributed by atoms with E-state index in [-0.39, 0.29) is 16.2 Å². The molecule has 104 valence electrons. The second-order valence-corrected chi connectivity index (χ2v) is 5.52. The normalized spacial score (nSPS) is 14.5. The van der Waals surface area contributed by atoms with Crippen molar-refractivity contribution < 1.29 is 9.53 Å². The van der Waals surface area contributed by atoms with Crippen LogP contribution in [-0.4, -0.2) is 42.6 Å². The van der Waals surface area contributed by atoms with Gasteiger partial charge in [0.05, 0.1) is 6.61 Å². The minimum atomic E-state index is -0.138. The minimum Gasteiger partial charge on any atom is -0.379 e. The predicted molar refractivity (Wildman–Crippen MR) is 74.8 cm³/mol. The number of carbonyl (C=O) groups excluding carboxylic acids is 1. The summed E-state index contributed by atoms with van der Waals surface area (Å²) < 4.78 is 5.50. The summed E-state index contributed by atoms with van der Waals surface area (Å²) in [4.78, 5) is 17.5. The lowest BCUT2D eigenvalue weighted by atomic mass is 10.2. The molecule has 19 heavy (non-hydrogen) atoms. The number of hydrogen-bond donors (Lipinski definition) is 0. The van der Waals surface area contributed by atoms with Gasteiger partial charge < -0.3 is 9.64 Å². The molecule has 0 saturated heterocycles. The maximum absolute atomic E-state index is 12.1. The van der Waals surface area contributed by atoms with E-state index in [4.69, 9.17) is 27.9 Å². The van der Waals surface area contributed by atoms with Crippen molar-refractivity contribution in [3.8, 4) is 0 Å². The van der Waals surface area contributed by atoms with Crippen molar-refractivity contribution in [3.05, 3.63) is 28.0 Å². The number of carbonyl (C=O) groups is 1. The summed E-state index contributed by atoms with van der Waals surface area (Å²) in [6.07, 6.45) is 2.53. The minimum absolute atomic E-state index is 0.138. The molecule has 1 aliphatic carbocycles. The average molecular weight is 303 g/mol. The fourth-order valence-electron chi connectivity index (χ4n) is 1.65. The zero-order valence-electron chi connectivity index (χ0n) is 10.7. The number of halogens is 2. The summed E-state index contributed by atoms with van der Waals surface area (Å²) in [5.74, 6) is 0.597. The summed E-state index contributed by atoms with van der Waals surface area (Å²) in [6.45, 7) is 1.89. The fourth-order valence-corrected chi connectivity index (χ4v) is 2.11. The first kappa shape index (κ1) is 14.6. The van der Waals surface area contributed by atoms with Crippen LogP contribution in [0.2, 0.25) is 10.3 Å². The number of nitrogens with zero attached hydrogens (tertiary/aromatic N) is 2. The van der Waals surface area contributed by atoms with Crippen molar-refractivity contribution in [2.24, 2.45) is 5.92 Å². The SMILES string of the molecule is CN(CCOCC1CC1)C(=O)c1cc(Cl)nc(Cl)c1. The molecular formula is C13H16Cl2N2O2. The summed E-state index contributed by atoms with van der Waals surface area (Å²) in [5, 5.41) is 0.434. The predicted octanol–water partition coefficient (Wildman–Crippen LogP) is 2.89. The molecule has 1 amide bonds. The highest BCUT2D eigenvalue weighted by Gasteiger charge is 2.21. The van der Waals surface area contributed by atoms with Crippen LogP contribution in [0.25, 0.3) is 0 Å². The lowest BCUT2D eigenvalue weighted by molar-refractivity contribution is 0.0681. The lowest BCUT2D eigenvalue weighted by Crippen LogP contribution is -2.30. The third-order valence-corrected chi connectivity index (χ3v) is 3.37. The second kappa shape index (κ2) is 6.55. The van der Waals surface area contributed by atoms with Crippen molar-refractivity contribution in [3.63, 3.8) is 0 Å². The molecule has 0 radical (unpaired) electrons. The monoisotopic (exact) mass is 302 g/mol. The van der Waals surface area contributed by atoms with Crippen LogP contribution >= 0.6 is 23.2 Å². The molecule has 1 aromatic heterocycles. The first-order valence-corrected chi connectivity index (χ1v) is 6.98. The van der Waals surface area contributed by atoms with Crippen LogP contribution in [0.4, 0.5) is 0 Å². The number of likely N-dealkylation sites (N-methyl/N-ethyl adjacent to an activating group) is 1. The van der Waals surface area contributed by atoms with Crippen molar-refractivity contribution >= 4 is 29.1 Å². The molecule has 0 N–H and O–H groups in total. The quantitative estimate of drug-likeness (QED) is 0.599. The Balaban J connectivity index is 1.82. The summed E-state index contributed by atoms with van der Waals surface area (Å²) in [7, 11) is 1.73. The smallest absolute Gasteiger partial charge is 0.253 e. The molecule has 0 atom stereocenters. The van der Waals surface area contributed by atoms with E-state index in [9.17, 15) is 4.79 Å². The van der Waals surface area contributed by atoms with Crippen LogP contribution in [0.1, 0.15) is 23.2 Å². The van der Waals surface area contributed by atoms with E-state index in [0.29, 0.717) is 18.7 Å². The molecule has 0 aromatic carbocycles. The van der Waals surface area contributed by atoms with Gasteiger partial charge in [0.1, 0.15) is 10.3 Å². The standard InChI is InChI=1S/C13H16Cl2N2O2/c1-17(4-5-19-8-9-2-3-9)13(18)10-6-11(14)16-12(15)7-10/h6-7,9H,2-5,8H2,1H3. The third kappa shape index (κ3) is 4.64. The van der Waals surface area contributed by atoms with E-state index in [1.165, 1.54) is 25.0 Å². The van der Waals surface area contributed by atoms with E-state index in [0.717, 1.165) is 12.5 Å². The van der Waals surface area contributed by atoms with Crippen LogP contribution in [-0.2, 0) is 4.74 Å². The lowest BCUT2D eigenvalue weighted by Gasteiger charge is -2.17. The Morgan fingerprint density at radius 3 is 2.63 bits per heavy atom. The van der Waals surface area contributed by atoms with Gasteiger partial charge in [0.25, 0.3) is 5.91 Å². The molecule has 6 heteroatoms. The maximum atomic E-state index is 12.1. The zero-order chi connectivity index (χ0) is 13.8. The number of amides is 1. The van der Waals surface area contributed by atoms with Gasteiger partial charge in [-0.2, -0.15) is 0 Å². The van der Waals surface area contributed by atoms with Crippen LogP contribution in [0.3, 0.4) is 0 Å². The molecule has 0 unspecified atom stereocenters. The van der Waals surface area contributed by atoms with E-state index in [1.54, 1.807) is 11.9 Å². The molecule has 1 aromatic rings. The van der Waals surface area contributed by atoms with Gasteiger partial charge in [-0.1, -0.05) is 23.2 Å². The second-order valence-electron chi connectivity index (χ2n) is 4.75. The number of rotatable bonds is 6. The number of aromatic nitrogens is 1. The van der Waals surface area contributed by atoms with E-state index in [2.05, 4.69) is 4.98 Å². The Labute approximate surface area is 122 Å². The molecule has 0 bridgehead atoms. The number of pyridine rings is 1. The number of ether oxygens (including phenoxy) is 1. The highest BCUT2D eigenvalue weighted by Crippen LogP contribution is 2.28. The van der Waals surface area contributed by atoms with Crippen molar-refractivity contribution in [1.82, 2.24) is 9.88 Å². The Kier molecular flexibility index (Phi) is 5.02. The van der Waals surface area contributed by atoms with Gasteiger partial charge in [0, 0.05) is 25.8 Å². The topological polar surface area (TPSA) is 42.4 Å². The molecule has 0 spiro atoms. The van der Waals surface area contributed by atoms with Gasteiger partial charge in [0.15, 0.2) is 0 Å². The van der Waals surface area contributed by atoms with Gasteiger partial charge in [0.2, 0.25) is 0 Å². The van der Waals surface area contributed by atoms with E-state index < -0.39 is 0 Å². The zero-order valence-corrected chi connectivity index (χ0v) is 12.2. The van der Waals surface area contributed by atoms with E-state index in [1.807, 2.05) is 0 Å². The average Bonchev–Trinajstić information content (AvgIpc) is 3.16. The van der Waals surface area contributed by atoms with Crippen LogP contribution in [0.15, 0.2) is 12.1 Å². The molecule has 0 aliphatic heterocycles. The maximum Gasteiger partial charge on any atom is 0.253 e. The molecule has 1 aliphatic rings. The van der Waals surface area contributed by atoms with Crippen molar-refractivity contribution in [2.75, 3.05) is 26.8 Å². The van der Waals surface area contributed by atoms with Crippen molar-refractivity contribution in [1.29, 1.82) is 0 Å². The summed E-state index contributed by atoms with van der Waals surface area (Å²) in [5.41, 5.74) is 0.440. The molecule has 1 heterocycles. The Hall–Kier alpha value is -0.840. The highest BCUT2D eigenvalue weighted by atomic mass is 35.5. The highest BCUT2D eigenvalue weighted by molar-refractivity contribution is 6.33. The van der Waals surface area contributed by atoms with Gasteiger partial charge >= 0.3 is 0 Å². The molecule has 2 rings (SSSR count). The van der Waals surface area contributed by atoms with Gasteiger partial charge in [-0.05, 0) is 30.9 Å². The summed E-state index contributed by atoms with van der Waals surface area (Å²) in [6, 6.07) is 3.02. The van der Waals surface area contributed by atoms with E-state index >= 15 is 0 Å².